The predicted octanol–water partition coefficient (Wildman–Crippen LogP) is 3.46. The number of ether oxygens (including phenoxy) is 2. The summed E-state index contributed by atoms with van der Waals surface area (Å²) >= 11 is 3.41. The first-order valence-corrected chi connectivity index (χ1v) is 8.69. The van der Waals surface area contributed by atoms with E-state index in [2.05, 4.69) is 15.9 Å². The fourth-order valence-electron chi connectivity index (χ4n) is 3.42. The van der Waals surface area contributed by atoms with Crippen molar-refractivity contribution in [3.05, 3.63) is 57.6 Å². The van der Waals surface area contributed by atoms with Gasteiger partial charge in [0.25, 0.3) is 5.91 Å². The van der Waals surface area contributed by atoms with Gasteiger partial charge in [-0.2, -0.15) is 0 Å². The fraction of sp³-hybridized carbons (Fsp3) is 0.263. The SMILES string of the molecule is COc1cc2c(cc1OC)[C@@H](C(=O)O)[C@@H](c1cccc(Br)c1)N(C)C2=O. The molecule has 0 radical (unpaired) electrons. The molecule has 2 aromatic carbocycles. The van der Waals surface area contributed by atoms with E-state index in [1.807, 2.05) is 24.3 Å². The number of carboxylic acid groups (broad SMARTS) is 1. The maximum absolute atomic E-state index is 12.9. The van der Waals surface area contributed by atoms with Gasteiger partial charge in [0.1, 0.15) is 5.92 Å². The molecule has 0 spiro atoms. The van der Waals surface area contributed by atoms with Crippen molar-refractivity contribution in [1.29, 1.82) is 0 Å². The van der Waals surface area contributed by atoms with Gasteiger partial charge in [0.2, 0.25) is 0 Å². The predicted molar refractivity (Wildman–Crippen MR) is 98.9 cm³/mol. The van der Waals surface area contributed by atoms with E-state index in [1.54, 1.807) is 19.2 Å². The van der Waals surface area contributed by atoms with Gasteiger partial charge in [-0.15, -0.1) is 0 Å². The second kappa shape index (κ2) is 6.99. The number of carboxylic acids is 1. The van der Waals surface area contributed by atoms with E-state index in [-0.39, 0.29) is 5.91 Å². The van der Waals surface area contributed by atoms with Crippen molar-refractivity contribution in [1.82, 2.24) is 4.90 Å². The number of aliphatic carboxylic acids is 1. The minimum Gasteiger partial charge on any atom is -0.493 e. The van der Waals surface area contributed by atoms with Gasteiger partial charge >= 0.3 is 5.97 Å². The van der Waals surface area contributed by atoms with Gasteiger partial charge in [-0.25, -0.2) is 0 Å². The minimum atomic E-state index is -1.01. The normalized spacial score (nSPS) is 19.1. The van der Waals surface area contributed by atoms with E-state index in [9.17, 15) is 14.7 Å². The van der Waals surface area contributed by atoms with Crippen LogP contribution >= 0.6 is 15.9 Å². The Hall–Kier alpha value is -2.54. The first kappa shape index (κ1) is 18.3. The molecule has 7 heteroatoms. The molecule has 1 aliphatic heterocycles. The van der Waals surface area contributed by atoms with Crippen LogP contribution in [0.5, 0.6) is 11.5 Å². The number of amides is 1. The van der Waals surface area contributed by atoms with Gasteiger partial charge in [0.05, 0.1) is 20.3 Å². The van der Waals surface area contributed by atoms with Crippen LogP contribution in [0.3, 0.4) is 0 Å². The second-order valence-corrected chi connectivity index (χ2v) is 6.94. The Morgan fingerprint density at radius 2 is 1.81 bits per heavy atom. The number of likely N-dealkylation sites (N-methyl/N-ethyl adjacent to an activating group) is 1. The lowest BCUT2D eigenvalue weighted by molar-refractivity contribution is -0.140. The second-order valence-electron chi connectivity index (χ2n) is 6.03. The zero-order valence-electron chi connectivity index (χ0n) is 14.5. The van der Waals surface area contributed by atoms with Crippen molar-refractivity contribution in [3.8, 4) is 11.5 Å². The lowest BCUT2D eigenvalue weighted by Gasteiger charge is -2.39. The number of fused-ring (bicyclic) bond motifs is 1. The molecule has 0 saturated heterocycles. The molecule has 0 aromatic heterocycles. The minimum absolute atomic E-state index is 0.261. The van der Waals surface area contributed by atoms with Crippen LogP contribution in [-0.2, 0) is 4.79 Å². The molecule has 0 bridgehead atoms. The van der Waals surface area contributed by atoms with Gasteiger partial charge in [-0.3, -0.25) is 9.59 Å². The van der Waals surface area contributed by atoms with E-state index in [0.29, 0.717) is 22.6 Å². The summed E-state index contributed by atoms with van der Waals surface area (Å²) in [7, 11) is 4.56. The highest BCUT2D eigenvalue weighted by Crippen LogP contribution is 2.45. The maximum atomic E-state index is 12.9. The summed E-state index contributed by atoms with van der Waals surface area (Å²) in [5.74, 6) is -1.42. The monoisotopic (exact) mass is 419 g/mol. The van der Waals surface area contributed by atoms with Crippen molar-refractivity contribution in [2.24, 2.45) is 0 Å². The largest absolute Gasteiger partial charge is 0.493 e. The van der Waals surface area contributed by atoms with E-state index < -0.39 is 17.9 Å². The molecular formula is C19H18BrNO5. The summed E-state index contributed by atoms with van der Waals surface area (Å²) in [5.41, 5.74) is 1.47. The van der Waals surface area contributed by atoms with E-state index in [1.165, 1.54) is 19.1 Å². The maximum Gasteiger partial charge on any atom is 0.313 e. The highest BCUT2D eigenvalue weighted by Gasteiger charge is 2.43. The molecule has 2 atom stereocenters. The van der Waals surface area contributed by atoms with Gasteiger partial charge < -0.3 is 19.5 Å². The number of nitrogens with zero attached hydrogens (tertiary/aromatic N) is 1. The summed E-state index contributed by atoms with van der Waals surface area (Å²) in [6.07, 6.45) is 0. The Morgan fingerprint density at radius 3 is 2.38 bits per heavy atom. The summed E-state index contributed by atoms with van der Waals surface area (Å²) in [4.78, 5) is 26.6. The van der Waals surface area contributed by atoms with Crippen LogP contribution in [0.2, 0.25) is 0 Å². The van der Waals surface area contributed by atoms with Gasteiger partial charge in [-0.1, -0.05) is 28.1 Å². The van der Waals surface area contributed by atoms with Crippen molar-refractivity contribution in [2.75, 3.05) is 21.3 Å². The highest BCUT2D eigenvalue weighted by molar-refractivity contribution is 9.10. The third kappa shape index (κ3) is 2.92. The fourth-order valence-corrected chi connectivity index (χ4v) is 3.84. The van der Waals surface area contributed by atoms with Crippen LogP contribution in [0.15, 0.2) is 40.9 Å². The van der Waals surface area contributed by atoms with E-state index in [4.69, 9.17) is 9.47 Å². The van der Waals surface area contributed by atoms with Gasteiger partial charge in [-0.05, 0) is 35.4 Å². The van der Waals surface area contributed by atoms with Crippen molar-refractivity contribution in [2.45, 2.75) is 12.0 Å². The van der Waals surface area contributed by atoms with Crippen LogP contribution in [0, 0.1) is 0 Å². The number of methoxy groups -OCH3 is 2. The molecule has 1 amide bonds. The van der Waals surface area contributed by atoms with Crippen molar-refractivity contribution < 1.29 is 24.2 Å². The molecular weight excluding hydrogens is 402 g/mol. The number of hydrogen-bond donors (Lipinski definition) is 1. The van der Waals surface area contributed by atoms with Crippen LogP contribution in [-0.4, -0.2) is 43.2 Å². The molecule has 3 rings (SSSR count). The van der Waals surface area contributed by atoms with Crippen molar-refractivity contribution in [3.63, 3.8) is 0 Å². The molecule has 0 saturated carbocycles. The summed E-state index contributed by atoms with van der Waals surface area (Å²) in [6, 6.07) is 9.81. The zero-order valence-corrected chi connectivity index (χ0v) is 16.1. The Kier molecular flexibility index (Phi) is 4.91. The van der Waals surface area contributed by atoms with E-state index >= 15 is 0 Å². The number of carbonyl (C=O) groups is 2. The number of rotatable bonds is 4. The first-order chi connectivity index (χ1) is 12.4. The summed E-state index contributed by atoms with van der Waals surface area (Å²) < 4.78 is 11.4. The molecule has 0 aliphatic carbocycles. The smallest absolute Gasteiger partial charge is 0.313 e. The number of hydrogen-bond acceptors (Lipinski definition) is 4. The Morgan fingerprint density at radius 1 is 1.15 bits per heavy atom. The van der Waals surface area contributed by atoms with Crippen LogP contribution in [0.4, 0.5) is 0 Å². The molecule has 0 fully saturated rings. The first-order valence-electron chi connectivity index (χ1n) is 7.90. The third-order valence-electron chi connectivity index (χ3n) is 4.63. The Labute approximate surface area is 159 Å². The molecule has 2 aromatic rings. The van der Waals surface area contributed by atoms with Crippen molar-refractivity contribution >= 4 is 27.8 Å². The Balaban J connectivity index is 2.25. The molecule has 1 heterocycles. The van der Waals surface area contributed by atoms with Crippen LogP contribution in [0.1, 0.15) is 33.4 Å². The molecule has 1 N–H and O–H groups in total. The number of carbonyl (C=O) groups excluding carboxylic acids is 1. The number of benzene rings is 2. The van der Waals surface area contributed by atoms with E-state index in [0.717, 1.165) is 10.0 Å². The lowest BCUT2D eigenvalue weighted by atomic mass is 9.80. The quantitative estimate of drug-likeness (QED) is 0.820. The van der Waals surface area contributed by atoms with Crippen LogP contribution in [0.25, 0.3) is 0 Å². The third-order valence-corrected chi connectivity index (χ3v) is 5.12. The van der Waals surface area contributed by atoms with Gasteiger partial charge in [0, 0.05) is 17.1 Å². The average Bonchev–Trinajstić information content (AvgIpc) is 2.62. The topological polar surface area (TPSA) is 76.1 Å². The number of halogens is 1. The lowest BCUT2D eigenvalue weighted by Crippen LogP contribution is -2.42. The van der Waals surface area contributed by atoms with Crippen LogP contribution < -0.4 is 9.47 Å². The highest BCUT2D eigenvalue weighted by atomic mass is 79.9. The Bertz CT molecular complexity index is 882. The molecule has 1 aliphatic rings. The van der Waals surface area contributed by atoms with Gasteiger partial charge in [0.15, 0.2) is 11.5 Å². The molecule has 136 valence electrons. The molecule has 0 unspecified atom stereocenters. The molecule has 26 heavy (non-hydrogen) atoms. The summed E-state index contributed by atoms with van der Waals surface area (Å²) in [5, 5.41) is 9.96. The average molecular weight is 420 g/mol. The standard InChI is InChI=1S/C19H18BrNO5/c1-21-17(10-5-4-6-11(20)7-10)16(19(23)24)12-8-14(25-2)15(26-3)9-13(12)18(21)22/h4-9,16-17H,1-3H3,(H,23,24)/t16-,17-/m1/s1. The zero-order chi connectivity index (χ0) is 19.0. The summed E-state index contributed by atoms with van der Waals surface area (Å²) in [6.45, 7) is 0. The molecule has 6 nitrogen and oxygen atoms in total.